The van der Waals surface area contributed by atoms with Crippen molar-refractivity contribution in [1.82, 2.24) is 20.1 Å². The number of hydrogen-bond acceptors (Lipinski definition) is 8. The number of aliphatic hydroxyl groups is 1. The number of hydrogen-bond donors (Lipinski definition) is 3. The van der Waals surface area contributed by atoms with Gasteiger partial charge in [-0.15, -0.1) is 24.8 Å². The normalized spacial score (nSPS) is 19.6. The van der Waals surface area contributed by atoms with Crippen LogP contribution in [-0.4, -0.2) is 91.4 Å². The summed E-state index contributed by atoms with van der Waals surface area (Å²) >= 11 is 0. The zero-order valence-electron chi connectivity index (χ0n) is 26.0. The molecule has 1 unspecified atom stereocenters. The molecule has 6 rings (SSSR count). The summed E-state index contributed by atoms with van der Waals surface area (Å²) in [6.45, 7) is 8.36. The summed E-state index contributed by atoms with van der Waals surface area (Å²) in [6, 6.07) is 11.4. The molecular formula is C33H44Cl2N4O6. The standard InChI is InChI=1S/C33H42N4O6.2ClH/c1-21-18-37(12-9-28(21)38)14-13-36-10-7-23(8-11-36)34-33(39)27-17-25-26(35-27)5-4-6-29(25)42-19-22-20-43-31-16-24(40-2)15-30(41-3)32(22)31;;/h4-6,15-17,20-21,23,28,35,38H,7-14,18-19H2,1-3H3,(H,34,39);2*1H/t21?,28-;;/m0../s1. The highest BCUT2D eigenvalue weighted by atomic mass is 35.5. The van der Waals surface area contributed by atoms with Crippen LogP contribution in [-0.2, 0) is 6.61 Å². The fraction of sp³-hybridized carbons (Fsp3) is 0.485. The highest BCUT2D eigenvalue weighted by Crippen LogP contribution is 2.36. The molecule has 0 saturated carbocycles. The molecule has 12 heteroatoms. The summed E-state index contributed by atoms with van der Waals surface area (Å²) in [5, 5.41) is 14.9. The molecule has 1 amide bonds. The number of aromatic amines is 1. The van der Waals surface area contributed by atoms with Crippen molar-refractivity contribution in [2.24, 2.45) is 5.92 Å². The molecule has 0 radical (unpaired) electrons. The Hall–Kier alpha value is -3.15. The number of methoxy groups -OCH3 is 2. The monoisotopic (exact) mass is 662 g/mol. The van der Waals surface area contributed by atoms with Crippen LogP contribution in [0, 0.1) is 5.92 Å². The molecule has 0 aliphatic carbocycles. The van der Waals surface area contributed by atoms with Crippen molar-refractivity contribution in [3.63, 3.8) is 0 Å². The summed E-state index contributed by atoms with van der Waals surface area (Å²) in [6.07, 6.45) is 4.24. The summed E-state index contributed by atoms with van der Waals surface area (Å²) in [7, 11) is 3.22. The fourth-order valence-corrected chi connectivity index (χ4v) is 6.35. The Bertz CT molecular complexity index is 1570. The van der Waals surface area contributed by atoms with Gasteiger partial charge in [-0.3, -0.25) is 4.79 Å². The van der Waals surface area contributed by atoms with E-state index in [-0.39, 0.29) is 49.5 Å². The maximum absolute atomic E-state index is 13.2. The topological polar surface area (TPSA) is 112 Å². The number of aromatic nitrogens is 1. The lowest BCUT2D eigenvalue weighted by atomic mass is 9.97. The summed E-state index contributed by atoms with van der Waals surface area (Å²) < 4.78 is 22.9. The van der Waals surface area contributed by atoms with Crippen LogP contribution in [0.5, 0.6) is 17.2 Å². The minimum absolute atomic E-state index is 0. The largest absolute Gasteiger partial charge is 0.496 e. The molecule has 2 atom stereocenters. The van der Waals surface area contributed by atoms with E-state index in [1.165, 1.54) is 0 Å². The number of carbonyl (C=O) groups excluding carboxylic acids is 1. The number of amides is 1. The van der Waals surface area contributed by atoms with Crippen molar-refractivity contribution in [3.8, 4) is 17.2 Å². The number of nitrogens with zero attached hydrogens (tertiary/aromatic N) is 2. The van der Waals surface area contributed by atoms with Gasteiger partial charge in [0.2, 0.25) is 0 Å². The summed E-state index contributed by atoms with van der Waals surface area (Å²) in [5.41, 5.74) is 2.89. The van der Waals surface area contributed by atoms with Crippen molar-refractivity contribution in [2.45, 2.75) is 44.9 Å². The number of benzene rings is 2. The first-order chi connectivity index (χ1) is 20.9. The van der Waals surface area contributed by atoms with E-state index in [9.17, 15) is 9.90 Å². The van der Waals surface area contributed by atoms with Gasteiger partial charge >= 0.3 is 0 Å². The molecule has 4 heterocycles. The second-order valence-electron chi connectivity index (χ2n) is 11.9. The lowest BCUT2D eigenvalue weighted by Crippen LogP contribution is -2.48. The zero-order valence-corrected chi connectivity index (χ0v) is 27.7. The predicted molar refractivity (Wildman–Crippen MR) is 180 cm³/mol. The van der Waals surface area contributed by atoms with Crippen molar-refractivity contribution >= 4 is 52.6 Å². The minimum Gasteiger partial charge on any atom is -0.496 e. The highest BCUT2D eigenvalue weighted by molar-refractivity contribution is 5.99. The molecule has 2 saturated heterocycles. The number of carbonyl (C=O) groups is 1. The van der Waals surface area contributed by atoms with Crippen molar-refractivity contribution in [1.29, 1.82) is 0 Å². The molecule has 0 spiro atoms. The first-order valence-electron chi connectivity index (χ1n) is 15.2. The molecule has 45 heavy (non-hydrogen) atoms. The lowest BCUT2D eigenvalue weighted by molar-refractivity contribution is 0.0301. The van der Waals surface area contributed by atoms with Crippen LogP contribution in [0.3, 0.4) is 0 Å². The molecule has 2 aliphatic heterocycles. The van der Waals surface area contributed by atoms with Crippen LogP contribution in [0.1, 0.15) is 42.2 Å². The van der Waals surface area contributed by atoms with Gasteiger partial charge in [-0.05, 0) is 43.4 Å². The fourth-order valence-electron chi connectivity index (χ4n) is 6.35. The van der Waals surface area contributed by atoms with E-state index in [4.69, 9.17) is 18.6 Å². The van der Waals surface area contributed by atoms with Gasteiger partial charge in [-0.1, -0.05) is 13.0 Å². The number of piperidine rings is 2. The molecule has 2 aromatic carbocycles. The number of aliphatic hydroxyl groups excluding tert-OH is 1. The van der Waals surface area contributed by atoms with Crippen LogP contribution < -0.4 is 19.5 Å². The number of furan rings is 1. The third kappa shape index (κ3) is 7.81. The molecule has 2 aromatic heterocycles. The molecule has 10 nitrogen and oxygen atoms in total. The van der Waals surface area contributed by atoms with Crippen molar-refractivity contribution in [2.75, 3.05) is 53.5 Å². The van der Waals surface area contributed by atoms with Crippen LogP contribution in [0.2, 0.25) is 0 Å². The highest BCUT2D eigenvalue weighted by Gasteiger charge is 2.26. The number of rotatable bonds is 10. The Labute approximate surface area is 276 Å². The van der Waals surface area contributed by atoms with E-state index in [0.717, 1.165) is 80.4 Å². The number of ether oxygens (including phenoxy) is 3. The van der Waals surface area contributed by atoms with Gasteiger partial charge in [0.15, 0.2) is 0 Å². The number of likely N-dealkylation sites (tertiary alicyclic amines) is 2. The van der Waals surface area contributed by atoms with Gasteiger partial charge in [-0.25, -0.2) is 0 Å². The van der Waals surface area contributed by atoms with Gasteiger partial charge in [0.25, 0.3) is 5.91 Å². The predicted octanol–water partition coefficient (Wildman–Crippen LogP) is 5.25. The maximum atomic E-state index is 13.2. The van der Waals surface area contributed by atoms with E-state index in [2.05, 4.69) is 27.0 Å². The van der Waals surface area contributed by atoms with E-state index < -0.39 is 0 Å². The van der Waals surface area contributed by atoms with Crippen LogP contribution in [0.15, 0.2) is 47.1 Å². The van der Waals surface area contributed by atoms with Gasteiger partial charge in [-0.2, -0.15) is 0 Å². The van der Waals surface area contributed by atoms with Crippen LogP contribution in [0.4, 0.5) is 0 Å². The molecule has 2 aliphatic rings. The van der Waals surface area contributed by atoms with Crippen LogP contribution >= 0.6 is 24.8 Å². The number of H-pyrrole nitrogens is 1. The quantitative estimate of drug-likeness (QED) is 0.211. The second kappa shape index (κ2) is 15.4. The minimum atomic E-state index is -0.162. The Morgan fingerprint density at radius 3 is 2.51 bits per heavy atom. The first kappa shape index (κ1) is 34.7. The maximum Gasteiger partial charge on any atom is 0.267 e. The SMILES string of the molecule is COc1cc(OC)c2c(COc3cccc4[nH]c(C(=O)NC5CCN(CCN6CC[C@H](O)C(C)C6)CC5)cc34)coc2c1.Cl.Cl. The van der Waals surface area contributed by atoms with E-state index in [0.29, 0.717) is 34.4 Å². The van der Waals surface area contributed by atoms with E-state index in [1.807, 2.05) is 36.4 Å². The zero-order chi connectivity index (χ0) is 29.9. The van der Waals surface area contributed by atoms with Crippen LogP contribution in [0.25, 0.3) is 21.9 Å². The molecule has 2 fully saturated rings. The Morgan fingerprint density at radius 2 is 1.78 bits per heavy atom. The summed E-state index contributed by atoms with van der Waals surface area (Å²) in [4.78, 5) is 21.4. The Kier molecular flexibility index (Phi) is 11.9. The Morgan fingerprint density at radius 1 is 1.02 bits per heavy atom. The number of nitrogens with one attached hydrogen (secondary N) is 2. The second-order valence-corrected chi connectivity index (χ2v) is 11.9. The van der Waals surface area contributed by atoms with Gasteiger partial charge < -0.3 is 43.8 Å². The molecule has 3 N–H and O–H groups in total. The average molecular weight is 664 g/mol. The van der Waals surface area contributed by atoms with Crippen molar-refractivity contribution < 1.29 is 28.5 Å². The smallest absolute Gasteiger partial charge is 0.267 e. The van der Waals surface area contributed by atoms with Gasteiger partial charge in [0.1, 0.15) is 35.1 Å². The summed E-state index contributed by atoms with van der Waals surface area (Å²) in [5.74, 6) is 2.24. The number of halogens is 2. The molecule has 0 bridgehead atoms. The Balaban J connectivity index is 0.00000230. The average Bonchev–Trinajstić information content (AvgIpc) is 3.66. The molecular weight excluding hydrogens is 619 g/mol. The van der Waals surface area contributed by atoms with Gasteiger partial charge in [0.05, 0.1) is 32.0 Å². The number of fused-ring (bicyclic) bond motifs is 2. The molecule has 4 aromatic rings. The lowest BCUT2D eigenvalue weighted by Gasteiger charge is -2.37. The van der Waals surface area contributed by atoms with Crippen molar-refractivity contribution in [3.05, 3.63) is 53.9 Å². The third-order valence-corrected chi connectivity index (χ3v) is 9.00. The third-order valence-electron chi connectivity index (χ3n) is 9.00. The van der Waals surface area contributed by atoms with E-state index >= 15 is 0 Å². The first-order valence-corrected chi connectivity index (χ1v) is 15.2. The molecule has 246 valence electrons. The van der Waals surface area contributed by atoms with Gasteiger partial charge in [0, 0.05) is 73.9 Å². The van der Waals surface area contributed by atoms with E-state index in [1.54, 1.807) is 20.5 Å².